The van der Waals surface area contributed by atoms with E-state index in [4.69, 9.17) is 9.52 Å². The van der Waals surface area contributed by atoms with Gasteiger partial charge in [-0.25, -0.2) is 4.79 Å². The molecule has 2 aromatic rings. The molecule has 18 heavy (non-hydrogen) atoms. The smallest absolute Gasteiger partial charge is 0.371 e. The van der Waals surface area contributed by atoms with Gasteiger partial charge in [0.05, 0.1) is 5.25 Å². The predicted molar refractivity (Wildman–Crippen MR) is 74.1 cm³/mol. The Kier molecular flexibility index (Phi) is 4.14. The molecule has 1 aromatic carbocycles. The Morgan fingerprint density at radius 3 is 2.50 bits per heavy atom. The highest BCUT2D eigenvalue weighted by molar-refractivity contribution is 9.10. The molecule has 0 fully saturated rings. The van der Waals surface area contributed by atoms with E-state index in [-0.39, 0.29) is 11.0 Å². The monoisotopic (exact) mass is 326 g/mol. The van der Waals surface area contributed by atoms with Crippen LogP contribution in [0.15, 0.2) is 50.2 Å². The van der Waals surface area contributed by atoms with Gasteiger partial charge in [-0.2, -0.15) is 0 Å². The lowest BCUT2D eigenvalue weighted by Gasteiger charge is -2.08. The van der Waals surface area contributed by atoms with Gasteiger partial charge in [-0.3, -0.25) is 0 Å². The fraction of sp³-hybridized carbons (Fsp3) is 0.154. The van der Waals surface area contributed by atoms with Gasteiger partial charge < -0.3 is 9.52 Å². The molecule has 1 unspecified atom stereocenters. The average molecular weight is 327 g/mol. The number of carboxylic acid groups (broad SMARTS) is 1. The van der Waals surface area contributed by atoms with Crippen LogP contribution in [0.25, 0.3) is 0 Å². The number of thioether (sulfide) groups is 1. The molecule has 2 rings (SSSR count). The molecule has 0 saturated carbocycles. The summed E-state index contributed by atoms with van der Waals surface area (Å²) in [6, 6.07) is 11.1. The van der Waals surface area contributed by atoms with Gasteiger partial charge in [0.2, 0.25) is 5.76 Å². The number of carbonyl (C=O) groups is 1. The molecule has 0 amide bonds. The summed E-state index contributed by atoms with van der Waals surface area (Å²) >= 11 is 5.01. The first-order chi connectivity index (χ1) is 8.56. The second-order valence-corrected chi connectivity index (χ2v) is 6.05. The minimum Gasteiger partial charge on any atom is -0.475 e. The number of rotatable bonds is 4. The van der Waals surface area contributed by atoms with Crippen molar-refractivity contribution in [3.05, 3.63) is 52.4 Å². The first kappa shape index (κ1) is 13.2. The molecule has 0 saturated heterocycles. The number of halogens is 1. The maximum Gasteiger partial charge on any atom is 0.371 e. The highest BCUT2D eigenvalue weighted by Crippen LogP contribution is 2.35. The van der Waals surface area contributed by atoms with E-state index in [1.54, 1.807) is 17.8 Å². The third-order valence-electron chi connectivity index (χ3n) is 2.36. The second kappa shape index (κ2) is 5.63. The zero-order valence-corrected chi connectivity index (χ0v) is 12.0. The van der Waals surface area contributed by atoms with E-state index in [9.17, 15) is 4.79 Å². The lowest BCUT2D eigenvalue weighted by atomic mass is 10.3. The van der Waals surface area contributed by atoms with Crippen molar-refractivity contribution in [2.75, 3.05) is 0 Å². The highest BCUT2D eigenvalue weighted by atomic mass is 79.9. The fourth-order valence-corrected chi connectivity index (χ4v) is 2.67. The van der Waals surface area contributed by atoms with Gasteiger partial charge in [0.15, 0.2) is 0 Å². The lowest BCUT2D eigenvalue weighted by molar-refractivity contribution is 0.0660. The van der Waals surface area contributed by atoms with Crippen molar-refractivity contribution in [1.29, 1.82) is 0 Å². The largest absolute Gasteiger partial charge is 0.475 e. The van der Waals surface area contributed by atoms with Crippen LogP contribution in [0.5, 0.6) is 0 Å². The summed E-state index contributed by atoms with van der Waals surface area (Å²) in [5, 5.41) is 8.86. The van der Waals surface area contributed by atoms with Gasteiger partial charge >= 0.3 is 5.97 Å². The SMILES string of the molecule is CC(Sc1ccc(Br)cc1)c1ccc(C(=O)O)o1. The summed E-state index contributed by atoms with van der Waals surface area (Å²) in [5.41, 5.74) is 0. The van der Waals surface area contributed by atoms with E-state index in [2.05, 4.69) is 15.9 Å². The van der Waals surface area contributed by atoms with E-state index in [0.29, 0.717) is 5.76 Å². The molecule has 1 aromatic heterocycles. The summed E-state index contributed by atoms with van der Waals surface area (Å²) in [6.07, 6.45) is 0. The van der Waals surface area contributed by atoms with Crippen molar-refractivity contribution < 1.29 is 14.3 Å². The Labute approximate surface area is 117 Å². The third-order valence-corrected chi connectivity index (χ3v) is 4.02. The van der Waals surface area contributed by atoms with Gasteiger partial charge in [0.25, 0.3) is 0 Å². The first-order valence-electron chi connectivity index (χ1n) is 5.31. The molecule has 5 heteroatoms. The van der Waals surface area contributed by atoms with Gasteiger partial charge in [-0.15, -0.1) is 11.8 Å². The summed E-state index contributed by atoms with van der Waals surface area (Å²) in [6.45, 7) is 1.98. The molecule has 0 aliphatic rings. The molecule has 0 aliphatic carbocycles. The number of hydrogen-bond acceptors (Lipinski definition) is 3. The minimum absolute atomic E-state index is 0.0201. The summed E-state index contributed by atoms with van der Waals surface area (Å²) in [7, 11) is 0. The van der Waals surface area contributed by atoms with Crippen LogP contribution in [-0.2, 0) is 0 Å². The van der Waals surface area contributed by atoms with Crippen LogP contribution in [0.2, 0.25) is 0 Å². The second-order valence-electron chi connectivity index (χ2n) is 3.72. The van der Waals surface area contributed by atoms with Crippen LogP contribution in [0, 0.1) is 0 Å². The number of hydrogen-bond donors (Lipinski definition) is 1. The van der Waals surface area contributed by atoms with Crippen LogP contribution in [0.1, 0.15) is 28.5 Å². The van der Waals surface area contributed by atoms with Crippen LogP contribution < -0.4 is 0 Å². The van der Waals surface area contributed by atoms with Crippen LogP contribution in [-0.4, -0.2) is 11.1 Å². The van der Waals surface area contributed by atoms with E-state index < -0.39 is 5.97 Å². The molecule has 1 atom stereocenters. The Morgan fingerprint density at radius 1 is 1.28 bits per heavy atom. The van der Waals surface area contributed by atoms with E-state index in [1.807, 2.05) is 31.2 Å². The molecular weight excluding hydrogens is 316 g/mol. The third kappa shape index (κ3) is 3.17. The number of furan rings is 1. The van der Waals surface area contributed by atoms with Crippen molar-refractivity contribution in [3.8, 4) is 0 Å². The predicted octanol–water partition coefficient (Wildman–Crippen LogP) is 4.59. The standard InChI is InChI=1S/C13H11BrO3S/c1-8(11-6-7-12(17-11)13(15)16)18-10-4-2-9(14)3-5-10/h2-8H,1H3,(H,15,16). The maximum absolute atomic E-state index is 10.7. The van der Waals surface area contributed by atoms with E-state index in [0.717, 1.165) is 9.37 Å². The van der Waals surface area contributed by atoms with Crippen LogP contribution in [0.4, 0.5) is 0 Å². The first-order valence-corrected chi connectivity index (χ1v) is 6.99. The van der Waals surface area contributed by atoms with Gasteiger partial charge in [-0.1, -0.05) is 15.9 Å². The molecule has 1 heterocycles. The quantitative estimate of drug-likeness (QED) is 0.834. The summed E-state index contributed by atoms with van der Waals surface area (Å²) in [4.78, 5) is 11.8. The van der Waals surface area contributed by atoms with Crippen molar-refractivity contribution in [2.45, 2.75) is 17.1 Å². The average Bonchev–Trinajstić information content (AvgIpc) is 2.81. The fourth-order valence-electron chi connectivity index (χ4n) is 1.46. The van der Waals surface area contributed by atoms with Crippen molar-refractivity contribution >= 4 is 33.7 Å². The van der Waals surface area contributed by atoms with Crippen LogP contribution >= 0.6 is 27.7 Å². The zero-order valence-electron chi connectivity index (χ0n) is 9.59. The normalized spacial score (nSPS) is 12.3. The Balaban J connectivity index is 2.09. The number of carboxylic acids is 1. The van der Waals surface area contributed by atoms with E-state index >= 15 is 0 Å². The molecule has 0 aliphatic heterocycles. The Hall–Kier alpha value is -1.20. The minimum atomic E-state index is -1.04. The van der Waals surface area contributed by atoms with Crippen molar-refractivity contribution in [2.24, 2.45) is 0 Å². The molecule has 3 nitrogen and oxygen atoms in total. The topological polar surface area (TPSA) is 50.4 Å². The van der Waals surface area contributed by atoms with Gasteiger partial charge in [-0.05, 0) is 43.3 Å². The molecule has 0 spiro atoms. The number of aromatic carboxylic acids is 1. The Bertz CT molecular complexity index is 548. The number of benzene rings is 1. The highest BCUT2D eigenvalue weighted by Gasteiger charge is 2.15. The summed E-state index contributed by atoms with van der Waals surface area (Å²) in [5.74, 6) is -0.393. The van der Waals surface area contributed by atoms with Gasteiger partial charge in [0, 0.05) is 9.37 Å². The summed E-state index contributed by atoms with van der Waals surface area (Å²) < 4.78 is 6.31. The molecule has 1 N–H and O–H groups in total. The Morgan fingerprint density at radius 2 is 1.94 bits per heavy atom. The molecule has 94 valence electrons. The molecule has 0 bridgehead atoms. The van der Waals surface area contributed by atoms with Crippen LogP contribution in [0.3, 0.4) is 0 Å². The maximum atomic E-state index is 10.7. The zero-order chi connectivity index (χ0) is 13.1. The van der Waals surface area contributed by atoms with Crippen molar-refractivity contribution in [3.63, 3.8) is 0 Å². The van der Waals surface area contributed by atoms with Gasteiger partial charge in [0.1, 0.15) is 5.76 Å². The lowest BCUT2D eigenvalue weighted by Crippen LogP contribution is -1.92. The molecular formula is C13H11BrO3S. The van der Waals surface area contributed by atoms with E-state index in [1.165, 1.54) is 6.07 Å². The van der Waals surface area contributed by atoms with Crippen molar-refractivity contribution in [1.82, 2.24) is 0 Å². The molecule has 0 radical (unpaired) electrons.